The van der Waals surface area contributed by atoms with Crippen LogP contribution in [0.15, 0.2) is 174 Å². The van der Waals surface area contributed by atoms with E-state index >= 15 is 0 Å². The second-order valence-electron chi connectivity index (χ2n) is 15.0. The number of ether oxygens (including phenoxy) is 1. The number of rotatable bonds is 3. The first-order chi connectivity index (χ1) is 26.8. The minimum absolute atomic E-state index is 0.127. The molecule has 1 aromatic heterocycles. The van der Waals surface area contributed by atoms with Gasteiger partial charge in [-0.1, -0.05) is 133 Å². The smallest absolute Gasteiger partial charge is 0.143 e. The summed E-state index contributed by atoms with van der Waals surface area (Å²) in [6.45, 7) is 0. The van der Waals surface area contributed by atoms with Gasteiger partial charge in [0, 0.05) is 27.6 Å². The Labute approximate surface area is 312 Å². The van der Waals surface area contributed by atoms with Crippen LogP contribution in [-0.2, 0) is 0 Å². The van der Waals surface area contributed by atoms with Gasteiger partial charge in [0.1, 0.15) is 22.7 Å². The van der Waals surface area contributed by atoms with Gasteiger partial charge in [0.15, 0.2) is 0 Å². The van der Waals surface area contributed by atoms with Gasteiger partial charge in [-0.05, 0) is 121 Å². The standard InChI is InChI=1S/C52H34O2/c1-2-12-31(13-3-1)34-25-26-42(36-15-5-4-14-35(34)36)51-40-19-8-6-17-38(40)50(39-18-7-9-20-41(39)51)33-23-27-48-45(28-33)46-30-44-32(29-49(46)53-48)22-24-43-37-16-10-11-21-47(37)54-52(43)44/h1-2,4-12,14-27,29-30,45H,3,13,28H2. The van der Waals surface area contributed by atoms with Gasteiger partial charge in [-0.25, -0.2) is 0 Å². The van der Waals surface area contributed by atoms with Crippen molar-refractivity contribution in [2.24, 2.45) is 0 Å². The van der Waals surface area contributed by atoms with Crippen LogP contribution in [0.1, 0.15) is 41.9 Å². The molecule has 1 unspecified atom stereocenters. The second kappa shape index (κ2) is 11.4. The van der Waals surface area contributed by atoms with E-state index in [4.69, 9.17) is 9.15 Å². The average molecular weight is 691 g/mol. The van der Waals surface area contributed by atoms with Crippen LogP contribution < -0.4 is 4.74 Å². The van der Waals surface area contributed by atoms with Crippen LogP contribution >= 0.6 is 0 Å². The minimum atomic E-state index is 0.127. The summed E-state index contributed by atoms with van der Waals surface area (Å²) in [7, 11) is 0. The number of hydrogen-bond donors (Lipinski definition) is 0. The fraction of sp³-hybridized carbons (Fsp3) is 0.0769. The molecule has 0 saturated heterocycles. The van der Waals surface area contributed by atoms with Gasteiger partial charge < -0.3 is 9.15 Å². The molecule has 1 aliphatic heterocycles. The Bertz CT molecular complexity index is 3160. The number of furan rings is 1. The highest BCUT2D eigenvalue weighted by Crippen LogP contribution is 2.52. The predicted octanol–water partition coefficient (Wildman–Crippen LogP) is 14.4. The molecule has 2 nitrogen and oxygen atoms in total. The topological polar surface area (TPSA) is 22.4 Å². The summed E-state index contributed by atoms with van der Waals surface area (Å²) < 4.78 is 13.1. The SMILES string of the molecule is C1=CCCC(c2ccc(-c3c4ccccc4c(C4=CC=C5Oc6cc7ccc8c9ccccc9oc8c7cc6C5C4)c4ccccc34)c3ccccc23)=C1. The average Bonchev–Trinajstić information content (AvgIpc) is 3.80. The summed E-state index contributed by atoms with van der Waals surface area (Å²) >= 11 is 0. The van der Waals surface area contributed by atoms with E-state index in [1.54, 1.807) is 0 Å². The van der Waals surface area contributed by atoms with Gasteiger partial charge in [-0.3, -0.25) is 0 Å². The van der Waals surface area contributed by atoms with Crippen molar-refractivity contribution in [3.8, 4) is 16.9 Å². The quantitative estimate of drug-likeness (QED) is 0.172. The third-order valence-electron chi connectivity index (χ3n) is 12.1. The monoisotopic (exact) mass is 690 g/mol. The molecule has 12 rings (SSSR count). The molecule has 9 aromatic rings. The van der Waals surface area contributed by atoms with Crippen molar-refractivity contribution >= 4 is 76.2 Å². The van der Waals surface area contributed by atoms with E-state index in [9.17, 15) is 0 Å². The lowest BCUT2D eigenvalue weighted by atomic mass is 9.79. The molecule has 8 aromatic carbocycles. The molecule has 0 bridgehead atoms. The summed E-state index contributed by atoms with van der Waals surface area (Å²) in [5.74, 6) is 2.09. The van der Waals surface area contributed by atoms with Gasteiger partial charge in [0.05, 0.1) is 0 Å². The summed E-state index contributed by atoms with van der Waals surface area (Å²) in [4.78, 5) is 0. The van der Waals surface area contributed by atoms with Crippen molar-refractivity contribution in [1.82, 2.24) is 0 Å². The van der Waals surface area contributed by atoms with Crippen LogP contribution in [0.4, 0.5) is 0 Å². The van der Waals surface area contributed by atoms with E-state index < -0.39 is 0 Å². The molecule has 0 spiro atoms. The fourth-order valence-electron chi connectivity index (χ4n) is 9.67. The van der Waals surface area contributed by atoms with E-state index in [0.29, 0.717) is 0 Å². The van der Waals surface area contributed by atoms with Crippen molar-refractivity contribution in [3.63, 3.8) is 0 Å². The molecule has 2 heterocycles. The second-order valence-corrected chi connectivity index (χ2v) is 15.0. The lowest BCUT2D eigenvalue weighted by molar-refractivity contribution is 0.427. The van der Waals surface area contributed by atoms with Crippen molar-refractivity contribution in [2.45, 2.75) is 25.2 Å². The van der Waals surface area contributed by atoms with Crippen molar-refractivity contribution in [3.05, 3.63) is 186 Å². The van der Waals surface area contributed by atoms with Crippen LogP contribution in [0, 0.1) is 0 Å². The lowest BCUT2D eigenvalue weighted by Crippen LogP contribution is -2.05. The maximum Gasteiger partial charge on any atom is 0.143 e. The molecule has 1 atom stereocenters. The van der Waals surface area contributed by atoms with Crippen molar-refractivity contribution in [2.75, 3.05) is 0 Å². The Morgan fingerprint density at radius 2 is 1.17 bits per heavy atom. The fourth-order valence-corrected chi connectivity index (χ4v) is 9.67. The molecule has 0 amide bonds. The maximum atomic E-state index is 6.60. The molecule has 0 radical (unpaired) electrons. The van der Waals surface area contributed by atoms with Crippen LogP contribution in [0.3, 0.4) is 0 Å². The highest BCUT2D eigenvalue weighted by atomic mass is 16.5. The summed E-state index contributed by atoms with van der Waals surface area (Å²) in [6.07, 6.45) is 14.3. The molecule has 0 fully saturated rings. The lowest BCUT2D eigenvalue weighted by Gasteiger charge is -2.24. The van der Waals surface area contributed by atoms with Gasteiger partial charge in [-0.2, -0.15) is 0 Å². The Balaban J connectivity index is 1.03. The summed E-state index contributed by atoms with van der Waals surface area (Å²) in [5.41, 5.74) is 11.1. The number of para-hydroxylation sites is 1. The first-order valence-electron chi connectivity index (χ1n) is 19.1. The van der Waals surface area contributed by atoms with E-state index in [0.717, 1.165) is 63.5 Å². The Kier molecular flexibility index (Phi) is 6.32. The van der Waals surface area contributed by atoms with Gasteiger partial charge in [0.25, 0.3) is 0 Å². The van der Waals surface area contributed by atoms with Crippen molar-refractivity contribution < 1.29 is 9.15 Å². The van der Waals surface area contributed by atoms with Crippen LogP contribution in [0.2, 0.25) is 0 Å². The highest BCUT2D eigenvalue weighted by molar-refractivity contribution is 6.22. The molecule has 2 heteroatoms. The predicted molar refractivity (Wildman–Crippen MR) is 226 cm³/mol. The van der Waals surface area contributed by atoms with E-state index in [1.165, 1.54) is 71.3 Å². The minimum Gasteiger partial charge on any atom is -0.461 e. The largest absolute Gasteiger partial charge is 0.461 e. The maximum absolute atomic E-state index is 6.60. The number of fused-ring (bicyclic) bond motifs is 11. The third kappa shape index (κ3) is 4.28. The molecule has 2 aliphatic carbocycles. The van der Waals surface area contributed by atoms with E-state index in [2.05, 4.69) is 158 Å². The summed E-state index contributed by atoms with van der Waals surface area (Å²) in [6, 6.07) is 49.0. The molecular weight excluding hydrogens is 657 g/mol. The van der Waals surface area contributed by atoms with Crippen molar-refractivity contribution in [1.29, 1.82) is 0 Å². The molecule has 0 saturated carbocycles. The zero-order chi connectivity index (χ0) is 35.3. The summed E-state index contributed by atoms with van der Waals surface area (Å²) in [5, 5.41) is 12.3. The Hall–Kier alpha value is -6.64. The third-order valence-corrected chi connectivity index (χ3v) is 12.1. The van der Waals surface area contributed by atoms with Gasteiger partial charge in [0.2, 0.25) is 0 Å². The number of benzene rings is 8. The molecule has 54 heavy (non-hydrogen) atoms. The zero-order valence-electron chi connectivity index (χ0n) is 29.6. The van der Waals surface area contributed by atoms with Gasteiger partial charge in [-0.15, -0.1) is 0 Å². The van der Waals surface area contributed by atoms with Crippen LogP contribution in [0.5, 0.6) is 5.75 Å². The molecular formula is C52H34O2. The van der Waals surface area contributed by atoms with Gasteiger partial charge >= 0.3 is 0 Å². The number of allylic oxidation sites excluding steroid dienone is 8. The van der Waals surface area contributed by atoms with Crippen LogP contribution in [0.25, 0.3) is 87.3 Å². The Morgan fingerprint density at radius 3 is 1.91 bits per heavy atom. The van der Waals surface area contributed by atoms with Crippen LogP contribution in [-0.4, -0.2) is 0 Å². The zero-order valence-corrected chi connectivity index (χ0v) is 29.6. The Morgan fingerprint density at radius 1 is 0.500 bits per heavy atom. The number of hydrogen-bond acceptors (Lipinski definition) is 2. The first kappa shape index (κ1) is 29.9. The molecule has 254 valence electrons. The van der Waals surface area contributed by atoms with E-state index in [-0.39, 0.29) is 5.92 Å². The molecule has 3 aliphatic rings. The molecule has 0 N–H and O–H groups in total. The normalized spacial score (nSPS) is 16.5. The highest BCUT2D eigenvalue weighted by Gasteiger charge is 2.34. The van der Waals surface area contributed by atoms with E-state index in [1.807, 2.05) is 6.07 Å². The first-order valence-corrected chi connectivity index (χ1v) is 19.1.